The zero-order valence-electron chi connectivity index (χ0n) is 20.7. The minimum absolute atomic E-state index is 0.0641. The number of carbonyl (C=O) groups excluding carboxylic acids is 1. The minimum atomic E-state index is -0.348. The number of amides is 1. The van der Waals surface area contributed by atoms with E-state index in [1.165, 1.54) is 41.5 Å². The van der Waals surface area contributed by atoms with Crippen molar-refractivity contribution in [2.75, 3.05) is 18.0 Å². The van der Waals surface area contributed by atoms with Crippen molar-refractivity contribution in [3.05, 3.63) is 58.7 Å². The van der Waals surface area contributed by atoms with Crippen molar-refractivity contribution in [1.29, 1.82) is 0 Å². The largest absolute Gasteiger partial charge is 0.293 e. The molecule has 1 atom stereocenters. The van der Waals surface area contributed by atoms with Gasteiger partial charge in [0.15, 0.2) is 0 Å². The Kier molecular flexibility index (Phi) is 5.90. The van der Waals surface area contributed by atoms with Crippen molar-refractivity contribution < 1.29 is 4.79 Å². The van der Waals surface area contributed by atoms with Crippen LogP contribution in [0.5, 0.6) is 0 Å². The van der Waals surface area contributed by atoms with E-state index >= 15 is 0 Å². The predicted molar refractivity (Wildman–Crippen MR) is 137 cm³/mol. The van der Waals surface area contributed by atoms with E-state index in [9.17, 15) is 4.79 Å². The summed E-state index contributed by atoms with van der Waals surface area (Å²) in [5.41, 5.74) is 6.46. The first-order chi connectivity index (χ1) is 15.9. The number of likely N-dealkylation sites (tertiary alicyclic amines) is 1. The Morgan fingerprint density at radius 3 is 2.03 bits per heavy atom. The molecule has 33 heavy (non-hydrogen) atoms. The zero-order valence-corrected chi connectivity index (χ0v) is 20.7. The lowest BCUT2D eigenvalue weighted by molar-refractivity contribution is -0.129. The van der Waals surface area contributed by atoms with E-state index in [0.717, 1.165) is 56.0 Å². The third-order valence-electron chi connectivity index (χ3n) is 8.03. The third kappa shape index (κ3) is 3.82. The van der Waals surface area contributed by atoms with Gasteiger partial charge in [-0.3, -0.25) is 14.6 Å². The van der Waals surface area contributed by atoms with Crippen LogP contribution < -0.4 is 4.90 Å². The number of hydrogen-bond acceptors (Lipinski definition) is 3. The summed E-state index contributed by atoms with van der Waals surface area (Å²) in [5.74, 6) is 1.21. The lowest BCUT2D eigenvalue weighted by Gasteiger charge is -2.39. The summed E-state index contributed by atoms with van der Waals surface area (Å²) >= 11 is 0. The number of amidine groups is 1. The molecule has 0 N–H and O–H groups in total. The summed E-state index contributed by atoms with van der Waals surface area (Å²) in [4.78, 5) is 24.3. The smallest absolute Gasteiger partial charge is 0.240 e. The highest BCUT2D eigenvalue weighted by atomic mass is 16.2. The first-order valence-corrected chi connectivity index (χ1v) is 12.7. The van der Waals surface area contributed by atoms with Gasteiger partial charge in [-0.2, -0.15) is 0 Å². The molecule has 2 heterocycles. The average molecular weight is 444 g/mol. The van der Waals surface area contributed by atoms with Crippen LogP contribution in [0, 0.1) is 33.1 Å². The Morgan fingerprint density at radius 1 is 0.818 bits per heavy atom. The van der Waals surface area contributed by atoms with E-state index in [0.29, 0.717) is 0 Å². The summed E-state index contributed by atoms with van der Waals surface area (Å²) in [5, 5.41) is 0. The zero-order chi connectivity index (χ0) is 23.2. The summed E-state index contributed by atoms with van der Waals surface area (Å²) in [6.07, 6.45) is 7.86. The minimum Gasteiger partial charge on any atom is -0.293 e. The molecule has 1 amide bonds. The maximum atomic E-state index is 14.4. The first-order valence-electron chi connectivity index (χ1n) is 12.7. The van der Waals surface area contributed by atoms with Gasteiger partial charge in [-0.05, 0) is 89.7 Å². The standard InChI is InChI=1S/C29H37N3O/c1-20-10-12-24(13-11-20)32-27(30-25-22(3)18-21(2)19-23(25)4)26(31-16-8-9-17-31)29(28(32)33)14-6-5-7-15-29/h10-13,18-19,26H,5-9,14-17H2,1-4H3. The molecule has 2 saturated heterocycles. The van der Waals surface area contributed by atoms with E-state index < -0.39 is 0 Å². The lowest BCUT2D eigenvalue weighted by Crippen LogP contribution is -2.50. The van der Waals surface area contributed by atoms with Crippen LogP contribution in [0.15, 0.2) is 41.4 Å². The highest BCUT2D eigenvalue weighted by Crippen LogP contribution is 2.50. The highest BCUT2D eigenvalue weighted by Gasteiger charge is 2.60. The molecule has 1 unspecified atom stereocenters. The van der Waals surface area contributed by atoms with Gasteiger partial charge in [0.25, 0.3) is 0 Å². The molecular formula is C29H37N3O. The fourth-order valence-electron chi connectivity index (χ4n) is 6.51. The van der Waals surface area contributed by atoms with E-state index in [-0.39, 0.29) is 17.4 Å². The number of rotatable bonds is 3. The van der Waals surface area contributed by atoms with Gasteiger partial charge in [0.1, 0.15) is 5.84 Å². The topological polar surface area (TPSA) is 35.9 Å². The number of nitrogens with zero attached hydrogens (tertiary/aromatic N) is 3. The second-order valence-electron chi connectivity index (χ2n) is 10.6. The van der Waals surface area contributed by atoms with Gasteiger partial charge in [0, 0.05) is 0 Å². The van der Waals surface area contributed by atoms with Gasteiger partial charge in [-0.15, -0.1) is 0 Å². The van der Waals surface area contributed by atoms with Crippen molar-refractivity contribution >= 4 is 23.1 Å². The van der Waals surface area contributed by atoms with Crippen LogP contribution in [-0.4, -0.2) is 35.8 Å². The molecule has 1 aliphatic carbocycles. The lowest BCUT2D eigenvalue weighted by atomic mass is 9.69. The Balaban J connectivity index is 1.73. The number of aryl methyl sites for hydroxylation is 4. The van der Waals surface area contributed by atoms with Gasteiger partial charge in [-0.1, -0.05) is 54.7 Å². The quantitative estimate of drug-likeness (QED) is 0.549. The van der Waals surface area contributed by atoms with Crippen LogP contribution in [0.25, 0.3) is 0 Å². The molecule has 3 fully saturated rings. The predicted octanol–water partition coefficient (Wildman–Crippen LogP) is 6.41. The summed E-state index contributed by atoms with van der Waals surface area (Å²) in [7, 11) is 0. The Morgan fingerprint density at radius 2 is 1.42 bits per heavy atom. The maximum Gasteiger partial charge on any atom is 0.240 e. The molecule has 0 aromatic heterocycles. The fraction of sp³-hybridized carbons (Fsp3) is 0.517. The van der Waals surface area contributed by atoms with Gasteiger partial charge >= 0.3 is 0 Å². The molecule has 0 radical (unpaired) electrons. The van der Waals surface area contributed by atoms with Gasteiger partial charge in [-0.25, -0.2) is 4.99 Å². The van der Waals surface area contributed by atoms with E-state index in [4.69, 9.17) is 4.99 Å². The third-order valence-corrected chi connectivity index (χ3v) is 8.03. The van der Waals surface area contributed by atoms with Crippen LogP contribution in [0.4, 0.5) is 11.4 Å². The summed E-state index contributed by atoms with van der Waals surface area (Å²) < 4.78 is 0. The van der Waals surface area contributed by atoms with E-state index in [2.05, 4.69) is 69.0 Å². The number of benzene rings is 2. The number of carbonyl (C=O) groups is 1. The highest BCUT2D eigenvalue weighted by molar-refractivity contribution is 6.27. The van der Waals surface area contributed by atoms with Crippen molar-refractivity contribution in [2.45, 2.75) is 78.7 Å². The molecule has 4 heteroatoms. The van der Waals surface area contributed by atoms with Crippen molar-refractivity contribution in [3.8, 4) is 0 Å². The molecule has 2 aromatic carbocycles. The summed E-state index contributed by atoms with van der Waals surface area (Å²) in [6, 6.07) is 12.9. The van der Waals surface area contributed by atoms with Crippen LogP contribution in [-0.2, 0) is 4.79 Å². The SMILES string of the molecule is Cc1ccc(N2C(=O)C3(CCCCC3)C(N3CCCC3)C2=Nc2c(C)cc(C)cc2C)cc1. The second-order valence-corrected chi connectivity index (χ2v) is 10.6. The van der Waals surface area contributed by atoms with Crippen molar-refractivity contribution in [3.63, 3.8) is 0 Å². The Hall–Kier alpha value is -2.46. The van der Waals surface area contributed by atoms with Crippen LogP contribution >= 0.6 is 0 Å². The molecule has 4 nitrogen and oxygen atoms in total. The molecule has 174 valence electrons. The fourth-order valence-corrected chi connectivity index (χ4v) is 6.51. The average Bonchev–Trinajstić information content (AvgIpc) is 3.38. The molecule has 2 aliphatic heterocycles. The molecule has 1 saturated carbocycles. The molecule has 2 aromatic rings. The van der Waals surface area contributed by atoms with Crippen molar-refractivity contribution in [2.24, 2.45) is 10.4 Å². The Bertz CT molecular complexity index is 1050. The number of anilines is 1. The van der Waals surface area contributed by atoms with E-state index in [1.54, 1.807) is 0 Å². The monoisotopic (exact) mass is 443 g/mol. The molecule has 3 aliphatic rings. The Labute approximate surface area is 198 Å². The van der Waals surface area contributed by atoms with Crippen LogP contribution in [0.1, 0.15) is 67.2 Å². The second kappa shape index (κ2) is 8.72. The van der Waals surface area contributed by atoms with Gasteiger partial charge in [0.2, 0.25) is 5.91 Å². The normalized spacial score (nSPS) is 24.4. The molecular weight excluding hydrogens is 406 g/mol. The number of aliphatic imine (C=N–C) groups is 1. The number of hydrogen-bond donors (Lipinski definition) is 0. The van der Waals surface area contributed by atoms with Crippen LogP contribution in [0.3, 0.4) is 0 Å². The van der Waals surface area contributed by atoms with Gasteiger partial charge in [0.05, 0.1) is 22.8 Å². The first kappa shape index (κ1) is 22.3. The molecule has 5 rings (SSSR count). The maximum absolute atomic E-state index is 14.4. The summed E-state index contributed by atoms with van der Waals surface area (Å²) in [6.45, 7) is 10.7. The van der Waals surface area contributed by atoms with E-state index in [1.807, 2.05) is 4.90 Å². The molecule has 1 spiro atoms. The van der Waals surface area contributed by atoms with Gasteiger partial charge < -0.3 is 0 Å². The van der Waals surface area contributed by atoms with Crippen molar-refractivity contribution in [1.82, 2.24) is 4.90 Å². The van der Waals surface area contributed by atoms with Crippen LogP contribution in [0.2, 0.25) is 0 Å². The molecule has 0 bridgehead atoms.